The highest BCUT2D eigenvalue weighted by Gasteiger charge is 2.11. The van der Waals surface area contributed by atoms with E-state index in [-0.39, 0.29) is 11.1 Å². The van der Waals surface area contributed by atoms with E-state index in [4.69, 9.17) is 4.74 Å². The van der Waals surface area contributed by atoms with Gasteiger partial charge in [0.25, 0.3) is 0 Å². The van der Waals surface area contributed by atoms with Crippen LogP contribution < -0.4 is 0 Å². The minimum atomic E-state index is -0.653. The van der Waals surface area contributed by atoms with E-state index in [0.29, 0.717) is 0 Å². The molecule has 0 aromatic heterocycles. The maximum atomic E-state index is 11.1. The monoisotopic (exact) mass is 412 g/mol. The van der Waals surface area contributed by atoms with Crippen LogP contribution >= 0.6 is 0 Å². The van der Waals surface area contributed by atoms with Gasteiger partial charge in [-0.2, -0.15) is 0 Å². The van der Waals surface area contributed by atoms with Crippen molar-refractivity contribution in [3.63, 3.8) is 0 Å². The molecule has 0 heterocycles. The second-order valence-electron chi connectivity index (χ2n) is 7.07. The van der Waals surface area contributed by atoms with Crippen molar-refractivity contribution in [1.82, 2.24) is 0 Å². The molecule has 0 radical (unpaired) electrons. The van der Waals surface area contributed by atoms with Gasteiger partial charge in [-0.15, -0.1) is 0 Å². The summed E-state index contributed by atoms with van der Waals surface area (Å²) in [5, 5.41) is 0. The third kappa shape index (κ3) is 22.2. The number of Topliss-reactive ketones (excluding diaryl/α,β-unsaturated/α-hetero) is 1. The zero-order chi connectivity index (χ0) is 22.5. The molecule has 0 rings (SSSR count). The summed E-state index contributed by atoms with van der Waals surface area (Å²) in [6.45, 7) is 12.0. The number of esters is 2. The van der Waals surface area contributed by atoms with Gasteiger partial charge in [-0.3, -0.25) is 4.79 Å². The summed E-state index contributed by atoms with van der Waals surface area (Å²) in [6, 6.07) is 0. The predicted molar refractivity (Wildman–Crippen MR) is 116 cm³/mol. The molecule has 0 saturated carbocycles. The zero-order valence-electron chi connectivity index (χ0n) is 18.8. The van der Waals surface area contributed by atoms with Crippen LogP contribution in [0.5, 0.6) is 0 Å². The van der Waals surface area contributed by atoms with Gasteiger partial charge in [0.1, 0.15) is 0 Å². The van der Waals surface area contributed by atoms with Crippen LogP contribution in [0.1, 0.15) is 78.6 Å². The van der Waals surface area contributed by atoms with E-state index in [1.807, 2.05) is 0 Å². The minimum absolute atomic E-state index is 0.201. The summed E-state index contributed by atoms with van der Waals surface area (Å²) >= 11 is 0. The third-order valence-corrected chi connectivity index (χ3v) is 3.88. The average Bonchev–Trinajstić information content (AvgIpc) is 2.69. The lowest BCUT2D eigenvalue weighted by Crippen LogP contribution is -2.20. The van der Waals surface area contributed by atoms with Crippen molar-refractivity contribution in [2.24, 2.45) is 0 Å². The van der Waals surface area contributed by atoms with Crippen molar-refractivity contribution in [3.8, 4) is 0 Å². The van der Waals surface area contributed by atoms with Crippen molar-refractivity contribution in [2.75, 3.05) is 26.9 Å². The van der Waals surface area contributed by atoms with Crippen LogP contribution in [0.3, 0.4) is 0 Å². The standard InChI is InChI=1S/C12H26O.C11H14O5/c1-3-4-5-6-7-8-9-10-11-12-13-2;1-7(2)10(13)15-5-9(12)6-16-11(14)8(3)4/h3-12H2,1-2H3;1,3,5-6H2,2,4H3. The molecule has 168 valence electrons. The van der Waals surface area contributed by atoms with Crippen molar-refractivity contribution in [3.05, 3.63) is 24.3 Å². The van der Waals surface area contributed by atoms with Gasteiger partial charge >= 0.3 is 11.9 Å². The first-order valence-electron chi connectivity index (χ1n) is 10.4. The van der Waals surface area contributed by atoms with Gasteiger partial charge < -0.3 is 14.2 Å². The topological polar surface area (TPSA) is 78.9 Å². The normalized spacial score (nSPS) is 9.79. The molecule has 6 heteroatoms. The Morgan fingerprint density at radius 2 is 1.07 bits per heavy atom. The second-order valence-corrected chi connectivity index (χ2v) is 7.07. The van der Waals surface area contributed by atoms with E-state index >= 15 is 0 Å². The van der Waals surface area contributed by atoms with E-state index in [0.717, 1.165) is 6.61 Å². The minimum Gasteiger partial charge on any atom is -0.454 e. The summed E-state index contributed by atoms with van der Waals surface area (Å²) in [6.07, 6.45) is 12.5. The van der Waals surface area contributed by atoms with Gasteiger partial charge in [-0.25, -0.2) is 9.59 Å². The molecule has 0 aliphatic carbocycles. The first-order valence-corrected chi connectivity index (χ1v) is 10.4. The Morgan fingerprint density at radius 3 is 1.41 bits per heavy atom. The number of unbranched alkanes of at least 4 members (excludes halogenated alkanes) is 8. The predicted octanol–water partition coefficient (Wildman–Crippen LogP) is 4.96. The van der Waals surface area contributed by atoms with Crippen LogP contribution in [-0.2, 0) is 28.6 Å². The fraction of sp³-hybridized carbons (Fsp3) is 0.696. The lowest BCUT2D eigenvalue weighted by Gasteiger charge is -2.04. The molecule has 0 unspecified atom stereocenters. The Balaban J connectivity index is 0. The maximum absolute atomic E-state index is 11.1. The molecule has 0 aromatic carbocycles. The van der Waals surface area contributed by atoms with Gasteiger partial charge in [0.2, 0.25) is 5.78 Å². The molecule has 6 nitrogen and oxygen atoms in total. The third-order valence-electron chi connectivity index (χ3n) is 3.88. The summed E-state index contributed by atoms with van der Waals surface area (Å²) in [4.78, 5) is 32.9. The molecule has 0 fully saturated rings. The molecule has 0 aromatic rings. The largest absolute Gasteiger partial charge is 0.454 e. The maximum Gasteiger partial charge on any atom is 0.333 e. The Kier molecular flexibility index (Phi) is 21.0. The molecular weight excluding hydrogens is 372 g/mol. The van der Waals surface area contributed by atoms with Crippen LogP contribution in [0.25, 0.3) is 0 Å². The van der Waals surface area contributed by atoms with Gasteiger partial charge in [0, 0.05) is 24.9 Å². The lowest BCUT2D eigenvalue weighted by molar-refractivity contribution is -0.149. The average molecular weight is 413 g/mol. The fourth-order valence-corrected chi connectivity index (χ4v) is 2.14. The highest BCUT2D eigenvalue weighted by molar-refractivity contribution is 5.92. The lowest BCUT2D eigenvalue weighted by atomic mass is 10.1. The molecule has 0 aliphatic heterocycles. The number of hydrogen-bond acceptors (Lipinski definition) is 6. The van der Waals surface area contributed by atoms with Crippen LogP contribution in [0.2, 0.25) is 0 Å². The Morgan fingerprint density at radius 1 is 0.690 bits per heavy atom. The number of ketones is 1. The molecule has 29 heavy (non-hydrogen) atoms. The van der Waals surface area contributed by atoms with Gasteiger partial charge in [0.15, 0.2) is 13.2 Å². The Hall–Kier alpha value is -1.95. The quantitative estimate of drug-likeness (QED) is 0.203. The first kappa shape index (κ1) is 29.3. The fourth-order valence-electron chi connectivity index (χ4n) is 2.14. The van der Waals surface area contributed by atoms with E-state index in [1.165, 1.54) is 71.6 Å². The molecule has 0 N–H and O–H groups in total. The molecular formula is C23H40O6. The molecule has 0 atom stereocenters. The van der Waals surface area contributed by atoms with E-state index in [1.54, 1.807) is 7.11 Å². The van der Waals surface area contributed by atoms with Crippen LogP contribution in [-0.4, -0.2) is 44.7 Å². The Bertz CT molecular complexity index is 454. The number of ether oxygens (including phenoxy) is 3. The number of rotatable bonds is 16. The van der Waals surface area contributed by atoms with E-state index in [9.17, 15) is 14.4 Å². The highest BCUT2D eigenvalue weighted by Crippen LogP contribution is 2.09. The van der Waals surface area contributed by atoms with E-state index < -0.39 is 30.9 Å². The summed E-state index contributed by atoms with van der Waals surface area (Å²) in [7, 11) is 1.78. The molecule has 0 saturated heterocycles. The summed E-state index contributed by atoms with van der Waals surface area (Å²) < 4.78 is 14.1. The molecule has 0 bridgehead atoms. The highest BCUT2D eigenvalue weighted by atomic mass is 16.6. The first-order chi connectivity index (χ1) is 13.8. The van der Waals surface area contributed by atoms with Gasteiger partial charge in [0.05, 0.1) is 0 Å². The molecule has 0 aliphatic rings. The van der Waals surface area contributed by atoms with Crippen molar-refractivity contribution >= 4 is 17.7 Å². The summed E-state index contributed by atoms with van der Waals surface area (Å²) in [5.41, 5.74) is 0.401. The van der Waals surface area contributed by atoms with Crippen molar-refractivity contribution in [1.29, 1.82) is 0 Å². The second kappa shape index (κ2) is 20.8. The van der Waals surface area contributed by atoms with Gasteiger partial charge in [-0.1, -0.05) is 71.4 Å². The molecule has 0 spiro atoms. The van der Waals surface area contributed by atoms with Crippen molar-refractivity contribution in [2.45, 2.75) is 78.6 Å². The number of carbonyl (C=O) groups is 3. The van der Waals surface area contributed by atoms with Crippen molar-refractivity contribution < 1.29 is 28.6 Å². The zero-order valence-corrected chi connectivity index (χ0v) is 18.8. The number of carbonyl (C=O) groups excluding carboxylic acids is 3. The van der Waals surface area contributed by atoms with Crippen LogP contribution in [0, 0.1) is 0 Å². The number of methoxy groups -OCH3 is 1. The van der Waals surface area contributed by atoms with Crippen LogP contribution in [0.4, 0.5) is 0 Å². The van der Waals surface area contributed by atoms with Gasteiger partial charge in [-0.05, 0) is 20.3 Å². The Labute approximate surface area is 176 Å². The number of hydrogen-bond donors (Lipinski definition) is 0. The summed E-state index contributed by atoms with van der Waals surface area (Å²) in [5.74, 6) is -1.82. The SMILES string of the molecule is C=C(C)C(=O)OCC(=O)COC(=O)C(=C)C.CCCCCCCCCCCOC. The molecule has 0 amide bonds. The van der Waals surface area contributed by atoms with E-state index in [2.05, 4.69) is 29.6 Å². The van der Waals surface area contributed by atoms with Crippen LogP contribution in [0.15, 0.2) is 24.3 Å². The smallest absolute Gasteiger partial charge is 0.333 e.